The van der Waals surface area contributed by atoms with Crippen molar-refractivity contribution in [2.24, 2.45) is 0 Å². The maximum atomic E-state index is 10.1. The summed E-state index contributed by atoms with van der Waals surface area (Å²) < 4.78 is 0. The summed E-state index contributed by atoms with van der Waals surface area (Å²) in [5.41, 5.74) is 2.57. The van der Waals surface area contributed by atoms with Gasteiger partial charge in [-0.2, -0.15) is 0 Å². The van der Waals surface area contributed by atoms with Gasteiger partial charge in [-0.3, -0.25) is 0 Å². The second kappa shape index (κ2) is 4.98. The molecule has 0 aromatic heterocycles. The van der Waals surface area contributed by atoms with Crippen LogP contribution in [-0.2, 0) is 6.42 Å². The first-order valence-corrected chi connectivity index (χ1v) is 6.28. The van der Waals surface area contributed by atoms with Crippen LogP contribution in [0, 0.1) is 0 Å². The van der Waals surface area contributed by atoms with Crippen molar-refractivity contribution in [3.05, 3.63) is 35.4 Å². The molecule has 0 bridgehead atoms. The fraction of sp³-hybridized carbons (Fsp3) is 0.571. The number of aliphatic hydroxyl groups is 1. The molecule has 0 fully saturated rings. The minimum atomic E-state index is -0.266. The van der Waals surface area contributed by atoms with Crippen LogP contribution in [0.15, 0.2) is 24.3 Å². The molecular formula is C14H21NO. The lowest BCUT2D eigenvalue weighted by atomic mass is 10.0. The number of nitrogens with one attached hydrogen (secondary N) is 1. The zero-order valence-corrected chi connectivity index (χ0v) is 10.1. The van der Waals surface area contributed by atoms with E-state index in [1.54, 1.807) is 0 Å². The predicted molar refractivity (Wildman–Crippen MR) is 66.4 cm³/mol. The highest BCUT2D eigenvalue weighted by Gasteiger charge is 2.31. The summed E-state index contributed by atoms with van der Waals surface area (Å²) in [5, 5.41) is 13.7. The average Bonchev–Trinajstić information content (AvgIpc) is 2.62. The molecular weight excluding hydrogens is 198 g/mol. The Morgan fingerprint density at radius 2 is 2.00 bits per heavy atom. The molecule has 0 unspecified atom stereocenters. The van der Waals surface area contributed by atoms with Crippen LogP contribution in [0.1, 0.15) is 43.9 Å². The SMILES string of the molecule is CCC(CC)N[C@@H]1c2ccccc2C[C@@H]1O. The number of rotatable bonds is 4. The Hall–Kier alpha value is -0.860. The smallest absolute Gasteiger partial charge is 0.0775 e. The van der Waals surface area contributed by atoms with Crippen LogP contribution in [-0.4, -0.2) is 17.3 Å². The number of hydrogen-bond acceptors (Lipinski definition) is 2. The largest absolute Gasteiger partial charge is 0.391 e. The van der Waals surface area contributed by atoms with Crippen LogP contribution >= 0.6 is 0 Å². The monoisotopic (exact) mass is 219 g/mol. The standard InChI is InChI=1S/C14H21NO/c1-3-11(4-2)15-14-12-8-6-5-7-10(12)9-13(14)16/h5-8,11,13-16H,3-4,9H2,1-2H3/t13-,14+/m0/s1. The van der Waals surface area contributed by atoms with Gasteiger partial charge in [0, 0.05) is 12.5 Å². The highest BCUT2D eigenvalue weighted by atomic mass is 16.3. The number of fused-ring (bicyclic) bond motifs is 1. The van der Waals surface area contributed by atoms with E-state index < -0.39 is 0 Å². The third-order valence-electron chi connectivity index (χ3n) is 3.60. The summed E-state index contributed by atoms with van der Waals surface area (Å²) in [7, 11) is 0. The van der Waals surface area contributed by atoms with Crippen molar-refractivity contribution in [3.63, 3.8) is 0 Å². The van der Waals surface area contributed by atoms with Gasteiger partial charge in [0.05, 0.1) is 12.1 Å². The van der Waals surface area contributed by atoms with Crippen molar-refractivity contribution >= 4 is 0 Å². The first-order chi connectivity index (χ1) is 7.76. The average molecular weight is 219 g/mol. The van der Waals surface area contributed by atoms with E-state index in [1.165, 1.54) is 11.1 Å². The molecule has 0 heterocycles. The summed E-state index contributed by atoms with van der Waals surface area (Å²) in [6, 6.07) is 8.98. The Labute approximate surface area is 97.7 Å². The molecule has 0 amide bonds. The van der Waals surface area contributed by atoms with Crippen molar-refractivity contribution in [2.45, 2.75) is 51.3 Å². The third kappa shape index (κ3) is 2.13. The van der Waals surface area contributed by atoms with Crippen molar-refractivity contribution in [3.8, 4) is 0 Å². The van der Waals surface area contributed by atoms with Gasteiger partial charge < -0.3 is 10.4 Å². The van der Waals surface area contributed by atoms with E-state index >= 15 is 0 Å². The van der Waals surface area contributed by atoms with Crippen molar-refractivity contribution < 1.29 is 5.11 Å². The minimum Gasteiger partial charge on any atom is -0.391 e. The summed E-state index contributed by atoms with van der Waals surface area (Å²) >= 11 is 0. The molecule has 1 aromatic rings. The molecule has 0 spiro atoms. The number of benzene rings is 1. The fourth-order valence-electron chi connectivity index (χ4n) is 2.55. The summed E-state index contributed by atoms with van der Waals surface area (Å²) in [6.45, 7) is 4.38. The van der Waals surface area contributed by atoms with Gasteiger partial charge in [0.15, 0.2) is 0 Å². The third-order valence-corrected chi connectivity index (χ3v) is 3.60. The van der Waals surface area contributed by atoms with E-state index in [0.717, 1.165) is 19.3 Å². The Kier molecular flexibility index (Phi) is 3.62. The molecule has 2 atom stereocenters. The maximum Gasteiger partial charge on any atom is 0.0775 e. The molecule has 1 aromatic carbocycles. The second-order valence-corrected chi connectivity index (χ2v) is 4.63. The van der Waals surface area contributed by atoms with Crippen LogP contribution in [0.2, 0.25) is 0 Å². The normalized spacial score (nSPS) is 23.8. The van der Waals surface area contributed by atoms with E-state index in [0.29, 0.717) is 6.04 Å². The van der Waals surface area contributed by atoms with Gasteiger partial charge in [-0.1, -0.05) is 38.1 Å². The van der Waals surface area contributed by atoms with E-state index in [-0.39, 0.29) is 12.1 Å². The Morgan fingerprint density at radius 1 is 1.31 bits per heavy atom. The molecule has 2 rings (SSSR count). The lowest BCUT2D eigenvalue weighted by Crippen LogP contribution is -2.36. The molecule has 88 valence electrons. The predicted octanol–water partition coefficient (Wildman–Crippen LogP) is 2.42. The van der Waals surface area contributed by atoms with Gasteiger partial charge in [0.25, 0.3) is 0 Å². The quantitative estimate of drug-likeness (QED) is 0.815. The molecule has 1 aliphatic rings. The number of hydrogen-bond donors (Lipinski definition) is 2. The van der Waals surface area contributed by atoms with E-state index in [4.69, 9.17) is 0 Å². The molecule has 0 aliphatic heterocycles. The van der Waals surface area contributed by atoms with E-state index in [2.05, 4.69) is 37.4 Å². The van der Waals surface area contributed by atoms with Crippen molar-refractivity contribution in [1.82, 2.24) is 5.32 Å². The molecule has 0 radical (unpaired) electrons. The zero-order valence-electron chi connectivity index (χ0n) is 10.1. The van der Waals surface area contributed by atoms with Gasteiger partial charge in [0.2, 0.25) is 0 Å². The second-order valence-electron chi connectivity index (χ2n) is 4.63. The number of aliphatic hydroxyl groups excluding tert-OH is 1. The topological polar surface area (TPSA) is 32.3 Å². The lowest BCUT2D eigenvalue weighted by Gasteiger charge is -2.24. The van der Waals surface area contributed by atoms with Crippen LogP contribution in [0.25, 0.3) is 0 Å². The molecule has 16 heavy (non-hydrogen) atoms. The molecule has 2 heteroatoms. The highest BCUT2D eigenvalue weighted by molar-refractivity contribution is 5.36. The Morgan fingerprint density at radius 3 is 2.69 bits per heavy atom. The van der Waals surface area contributed by atoms with Crippen LogP contribution in [0.4, 0.5) is 0 Å². The van der Waals surface area contributed by atoms with E-state index in [9.17, 15) is 5.11 Å². The van der Waals surface area contributed by atoms with Crippen LogP contribution in [0.5, 0.6) is 0 Å². The fourth-order valence-corrected chi connectivity index (χ4v) is 2.55. The summed E-state index contributed by atoms with van der Waals surface area (Å²) in [5.74, 6) is 0. The molecule has 2 nitrogen and oxygen atoms in total. The van der Waals surface area contributed by atoms with Gasteiger partial charge >= 0.3 is 0 Å². The first-order valence-electron chi connectivity index (χ1n) is 6.28. The van der Waals surface area contributed by atoms with Crippen molar-refractivity contribution in [1.29, 1.82) is 0 Å². The molecule has 1 aliphatic carbocycles. The maximum absolute atomic E-state index is 10.1. The minimum absolute atomic E-state index is 0.126. The highest BCUT2D eigenvalue weighted by Crippen LogP contribution is 2.31. The van der Waals surface area contributed by atoms with Crippen LogP contribution in [0.3, 0.4) is 0 Å². The van der Waals surface area contributed by atoms with E-state index in [1.807, 2.05) is 6.07 Å². The first kappa shape index (κ1) is 11.6. The molecule has 0 saturated heterocycles. The zero-order chi connectivity index (χ0) is 11.5. The van der Waals surface area contributed by atoms with Gasteiger partial charge in [-0.25, -0.2) is 0 Å². The van der Waals surface area contributed by atoms with Crippen molar-refractivity contribution in [2.75, 3.05) is 0 Å². The molecule has 0 saturated carbocycles. The summed E-state index contributed by atoms with van der Waals surface area (Å²) in [6.07, 6.45) is 2.75. The van der Waals surface area contributed by atoms with Gasteiger partial charge in [-0.15, -0.1) is 0 Å². The molecule has 2 N–H and O–H groups in total. The van der Waals surface area contributed by atoms with Gasteiger partial charge in [0.1, 0.15) is 0 Å². The lowest BCUT2D eigenvalue weighted by molar-refractivity contribution is 0.133. The Balaban J connectivity index is 2.15. The Bertz CT molecular complexity index is 346. The van der Waals surface area contributed by atoms with Gasteiger partial charge in [-0.05, 0) is 24.0 Å². The summed E-state index contributed by atoms with van der Waals surface area (Å²) in [4.78, 5) is 0. The van der Waals surface area contributed by atoms with Crippen LogP contribution < -0.4 is 5.32 Å².